The number of carbonyl (C=O) groups excluding carboxylic acids is 1. The van der Waals surface area contributed by atoms with Gasteiger partial charge in [-0.25, -0.2) is 0 Å². The van der Waals surface area contributed by atoms with Crippen molar-refractivity contribution in [1.29, 1.82) is 0 Å². The fraction of sp³-hybridized carbons (Fsp3) is 0.538. The molecular formula is C13H18N2O. The van der Waals surface area contributed by atoms with Crippen LogP contribution in [0.5, 0.6) is 0 Å². The maximum atomic E-state index is 12.0. The fourth-order valence-corrected chi connectivity index (χ4v) is 2.13. The monoisotopic (exact) mass is 218 g/mol. The highest BCUT2D eigenvalue weighted by Crippen LogP contribution is 2.11. The number of carbonyl (C=O) groups is 1. The van der Waals surface area contributed by atoms with Crippen LogP contribution >= 0.6 is 0 Å². The summed E-state index contributed by atoms with van der Waals surface area (Å²) in [5.74, 6) is 0.301. The lowest BCUT2D eigenvalue weighted by Crippen LogP contribution is -2.36. The second-order valence-corrected chi connectivity index (χ2v) is 4.36. The highest BCUT2D eigenvalue weighted by atomic mass is 16.1. The number of ketones is 1. The molecule has 1 aliphatic heterocycles. The van der Waals surface area contributed by atoms with Gasteiger partial charge in [-0.2, -0.15) is 0 Å². The normalized spacial score (nSPS) is 21.4. The number of nitrogens with zero attached hydrogens (tertiary/aromatic N) is 1. The molecule has 2 rings (SSSR count). The Hall–Kier alpha value is -1.22. The van der Waals surface area contributed by atoms with E-state index in [9.17, 15) is 4.79 Å². The van der Waals surface area contributed by atoms with Crippen molar-refractivity contribution in [1.82, 2.24) is 10.3 Å². The van der Waals surface area contributed by atoms with Crippen molar-refractivity contribution in [3.8, 4) is 0 Å². The molecule has 1 aromatic rings. The lowest BCUT2D eigenvalue weighted by Gasteiger charge is -2.14. The van der Waals surface area contributed by atoms with Gasteiger partial charge in [0.25, 0.3) is 0 Å². The summed E-state index contributed by atoms with van der Waals surface area (Å²) in [6, 6.07) is 3.90. The molecule has 0 aromatic carbocycles. The van der Waals surface area contributed by atoms with Gasteiger partial charge in [0, 0.05) is 18.8 Å². The summed E-state index contributed by atoms with van der Waals surface area (Å²) in [5, 5.41) is 3.33. The first-order valence-electron chi connectivity index (χ1n) is 6.01. The molecule has 3 nitrogen and oxygen atoms in total. The van der Waals surface area contributed by atoms with Gasteiger partial charge < -0.3 is 5.32 Å². The number of hydrogen-bond donors (Lipinski definition) is 1. The Labute approximate surface area is 96.3 Å². The zero-order chi connectivity index (χ0) is 11.2. The van der Waals surface area contributed by atoms with E-state index in [1.165, 1.54) is 12.8 Å². The predicted molar refractivity (Wildman–Crippen MR) is 63.2 cm³/mol. The smallest absolute Gasteiger partial charge is 0.154 e. The average Bonchev–Trinajstić information content (AvgIpc) is 2.59. The molecule has 0 aliphatic carbocycles. The summed E-state index contributed by atoms with van der Waals surface area (Å²) in [4.78, 5) is 16.1. The van der Waals surface area contributed by atoms with Crippen molar-refractivity contribution in [2.75, 3.05) is 6.54 Å². The molecule has 0 bridgehead atoms. The first-order chi connectivity index (χ1) is 7.86. The summed E-state index contributed by atoms with van der Waals surface area (Å²) < 4.78 is 0. The van der Waals surface area contributed by atoms with Crippen molar-refractivity contribution in [3.05, 3.63) is 30.1 Å². The standard InChI is InChI=1S/C13H18N2O/c16-13(9-11-5-4-7-14-10-11)12-6-2-1-3-8-15-12/h4-5,7,10,12,15H,1-3,6,8-9H2. The third-order valence-electron chi connectivity index (χ3n) is 3.05. The van der Waals surface area contributed by atoms with Gasteiger partial charge in [0.15, 0.2) is 5.78 Å². The maximum Gasteiger partial charge on any atom is 0.154 e. The van der Waals surface area contributed by atoms with Gasteiger partial charge in [0.2, 0.25) is 0 Å². The Kier molecular flexibility index (Phi) is 4.05. The van der Waals surface area contributed by atoms with E-state index in [0.29, 0.717) is 12.2 Å². The molecule has 1 atom stereocenters. The lowest BCUT2D eigenvalue weighted by molar-refractivity contribution is -0.120. The molecule has 1 aliphatic rings. The summed E-state index contributed by atoms with van der Waals surface area (Å²) in [7, 11) is 0. The number of hydrogen-bond acceptors (Lipinski definition) is 3. The molecule has 2 heterocycles. The zero-order valence-corrected chi connectivity index (χ0v) is 9.48. The molecule has 3 heteroatoms. The second-order valence-electron chi connectivity index (χ2n) is 4.36. The van der Waals surface area contributed by atoms with Crippen LogP contribution in [0.1, 0.15) is 31.2 Å². The van der Waals surface area contributed by atoms with Gasteiger partial charge in [0.1, 0.15) is 0 Å². The van der Waals surface area contributed by atoms with Crippen molar-refractivity contribution < 1.29 is 4.79 Å². The van der Waals surface area contributed by atoms with Gasteiger partial charge in [0.05, 0.1) is 6.04 Å². The van der Waals surface area contributed by atoms with Gasteiger partial charge in [-0.15, -0.1) is 0 Å². The van der Waals surface area contributed by atoms with Crippen LogP contribution in [0.25, 0.3) is 0 Å². The number of nitrogens with one attached hydrogen (secondary N) is 1. The van der Waals surface area contributed by atoms with Gasteiger partial charge >= 0.3 is 0 Å². The minimum absolute atomic E-state index is 0.0581. The van der Waals surface area contributed by atoms with E-state index >= 15 is 0 Å². The third kappa shape index (κ3) is 3.14. The van der Waals surface area contributed by atoms with E-state index in [4.69, 9.17) is 0 Å². The molecule has 1 fully saturated rings. The van der Waals surface area contributed by atoms with E-state index in [2.05, 4.69) is 10.3 Å². The predicted octanol–water partition coefficient (Wildman–Crippen LogP) is 1.73. The minimum atomic E-state index is 0.0581. The van der Waals surface area contributed by atoms with Crippen LogP contribution in [-0.2, 0) is 11.2 Å². The molecular weight excluding hydrogens is 200 g/mol. The maximum absolute atomic E-state index is 12.0. The molecule has 0 saturated carbocycles. The lowest BCUT2D eigenvalue weighted by atomic mass is 10.0. The Morgan fingerprint density at radius 1 is 1.44 bits per heavy atom. The quantitative estimate of drug-likeness (QED) is 0.840. The third-order valence-corrected chi connectivity index (χ3v) is 3.05. The molecule has 0 radical (unpaired) electrons. The number of pyridine rings is 1. The molecule has 16 heavy (non-hydrogen) atoms. The van der Waals surface area contributed by atoms with Gasteiger partial charge in [-0.05, 0) is 31.0 Å². The fourth-order valence-electron chi connectivity index (χ4n) is 2.13. The molecule has 0 spiro atoms. The topological polar surface area (TPSA) is 42.0 Å². The van der Waals surface area contributed by atoms with Crippen molar-refractivity contribution in [2.24, 2.45) is 0 Å². The van der Waals surface area contributed by atoms with Crippen molar-refractivity contribution in [2.45, 2.75) is 38.1 Å². The minimum Gasteiger partial charge on any atom is -0.307 e. The largest absolute Gasteiger partial charge is 0.307 e. The van der Waals surface area contributed by atoms with Crippen molar-refractivity contribution in [3.63, 3.8) is 0 Å². The molecule has 86 valence electrons. The summed E-state index contributed by atoms with van der Waals surface area (Å²) in [5.41, 5.74) is 1.01. The summed E-state index contributed by atoms with van der Waals surface area (Å²) in [6.07, 6.45) is 8.59. The Bertz CT molecular complexity index is 329. The van der Waals surface area contributed by atoms with Crippen LogP contribution in [0.4, 0.5) is 0 Å². The van der Waals surface area contributed by atoms with E-state index < -0.39 is 0 Å². The SMILES string of the molecule is O=C(Cc1cccnc1)C1CCCCCN1. The first-order valence-corrected chi connectivity index (χ1v) is 6.01. The zero-order valence-electron chi connectivity index (χ0n) is 9.48. The average molecular weight is 218 g/mol. The van der Waals surface area contributed by atoms with Crippen LogP contribution in [0.2, 0.25) is 0 Å². The Morgan fingerprint density at radius 3 is 3.19 bits per heavy atom. The van der Waals surface area contributed by atoms with Crippen LogP contribution in [0.3, 0.4) is 0 Å². The second kappa shape index (κ2) is 5.75. The van der Waals surface area contributed by atoms with Crippen LogP contribution < -0.4 is 5.32 Å². The molecule has 1 aromatic heterocycles. The van der Waals surface area contributed by atoms with E-state index in [1.54, 1.807) is 12.4 Å². The number of rotatable bonds is 3. The highest BCUT2D eigenvalue weighted by molar-refractivity contribution is 5.86. The number of aromatic nitrogens is 1. The van der Waals surface area contributed by atoms with E-state index in [0.717, 1.165) is 24.9 Å². The number of Topliss-reactive ketones (excluding diaryl/α,β-unsaturated/α-hetero) is 1. The van der Waals surface area contributed by atoms with Crippen LogP contribution in [0.15, 0.2) is 24.5 Å². The Morgan fingerprint density at radius 2 is 2.38 bits per heavy atom. The van der Waals surface area contributed by atoms with Gasteiger partial charge in [-0.1, -0.05) is 18.9 Å². The van der Waals surface area contributed by atoms with Gasteiger partial charge in [-0.3, -0.25) is 9.78 Å². The molecule has 1 N–H and O–H groups in total. The van der Waals surface area contributed by atoms with Crippen molar-refractivity contribution >= 4 is 5.78 Å². The van der Waals surface area contributed by atoms with Crippen LogP contribution in [0, 0.1) is 0 Å². The van der Waals surface area contributed by atoms with E-state index in [-0.39, 0.29) is 6.04 Å². The summed E-state index contributed by atoms with van der Waals surface area (Å²) in [6.45, 7) is 0.976. The van der Waals surface area contributed by atoms with E-state index in [1.807, 2.05) is 12.1 Å². The Balaban J connectivity index is 1.92. The molecule has 0 amide bonds. The highest BCUT2D eigenvalue weighted by Gasteiger charge is 2.19. The molecule has 1 unspecified atom stereocenters. The molecule has 1 saturated heterocycles. The first kappa shape index (κ1) is 11.3. The summed E-state index contributed by atoms with van der Waals surface area (Å²) >= 11 is 0. The van der Waals surface area contributed by atoms with Crippen LogP contribution in [-0.4, -0.2) is 23.4 Å².